The molecule has 1 N–H and O–H groups in total. The van der Waals surface area contributed by atoms with Gasteiger partial charge in [-0.25, -0.2) is 4.39 Å². The van der Waals surface area contributed by atoms with Gasteiger partial charge in [-0.15, -0.1) is 0 Å². The van der Waals surface area contributed by atoms with Gasteiger partial charge in [0.1, 0.15) is 5.82 Å². The minimum absolute atomic E-state index is 0.169. The number of benzene rings is 1. The molecule has 1 heterocycles. The highest BCUT2D eigenvalue weighted by Crippen LogP contribution is 2.37. The van der Waals surface area contributed by atoms with Crippen LogP contribution in [0.1, 0.15) is 37.8 Å². The molecule has 1 nitrogen and oxygen atoms in total. The molecule has 1 aliphatic heterocycles. The van der Waals surface area contributed by atoms with Crippen molar-refractivity contribution in [2.24, 2.45) is 5.92 Å². The Labute approximate surface area is 116 Å². The van der Waals surface area contributed by atoms with Crippen LogP contribution in [0.2, 0.25) is 0 Å². The van der Waals surface area contributed by atoms with Crippen molar-refractivity contribution in [2.75, 3.05) is 6.54 Å². The van der Waals surface area contributed by atoms with E-state index in [2.05, 4.69) is 5.32 Å². The van der Waals surface area contributed by atoms with Crippen LogP contribution < -0.4 is 5.32 Å². The van der Waals surface area contributed by atoms with Gasteiger partial charge < -0.3 is 5.32 Å². The quantitative estimate of drug-likeness (QED) is 0.824. The van der Waals surface area contributed by atoms with Gasteiger partial charge in [-0.2, -0.15) is 13.2 Å². The first-order chi connectivity index (χ1) is 9.24. The summed E-state index contributed by atoms with van der Waals surface area (Å²) >= 11 is 0. The average Bonchev–Trinajstić information content (AvgIpc) is 2.80. The molecule has 1 aromatic carbocycles. The molecule has 1 unspecified atom stereocenters. The highest BCUT2D eigenvalue weighted by molar-refractivity contribution is 5.32. The van der Waals surface area contributed by atoms with Crippen LogP contribution in [0.15, 0.2) is 18.2 Å². The fourth-order valence-corrected chi connectivity index (χ4v) is 2.98. The summed E-state index contributed by atoms with van der Waals surface area (Å²) in [5.41, 5.74) is -1.01. The second-order valence-electron chi connectivity index (χ2n) is 5.82. The Bertz CT molecular complexity index is 473. The van der Waals surface area contributed by atoms with E-state index in [0.717, 1.165) is 25.5 Å². The average molecular weight is 289 g/mol. The first-order valence-electron chi connectivity index (χ1n) is 6.85. The smallest absolute Gasteiger partial charge is 0.311 e. The summed E-state index contributed by atoms with van der Waals surface area (Å²) in [7, 11) is 0. The third-order valence-corrected chi connectivity index (χ3v) is 4.27. The highest BCUT2D eigenvalue weighted by atomic mass is 19.4. The van der Waals surface area contributed by atoms with Gasteiger partial charge in [0.05, 0.1) is 5.56 Å². The molecule has 0 bridgehead atoms. The molecule has 112 valence electrons. The van der Waals surface area contributed by atoms with Crippen LogP contribution in [0.25, 0.3) is 0 Å². The van der Waals surface area contributed by atoms with Crippen molar-refractivity contribution in [1.82, 2.24) is 5.32 Å². The lowest BCUT2D eigenvalue weighted by Crippen LogP contribution is -2.47. The summed E-state index contributed by atoms with van der Waals surface area (Å²) in [4.78, 5) is 0. The molecule has 0 aromatic heterocycles. The second-order valence-corrected chi connectivity index (χ2v) is 5.82. The Morgan fingerprint density at radius 2 is 2.00 bits per heavy atom. The predicted octanol–water partition coefficient (Wildman–Crippen LogP) is 4.17. The zero-order chi connectivity index (χ0) is 15.0. The van der Waals surface area contributed by atoms with E-state index in [0.29, 0.717) is 6.07 Å². The van der Waals surface area contributed by atoms with Gasteiger partial charge >= 0.3 is 6.18 Å². The van der Waals surface area contributed by atoms with Crippen molar-refractivity contribution in [3.05, 3.63) is 35.1 Å². The SMILES string of the molecule is CC(C)C1(Cc2ccc(F)cc2C(F)(F)F)CCCN1. The van der Waals surface area contributed by atoms with Crippen molar-refractivity contribution >= 4 is 0 Å². The molecule has 0 radical (unpaired) electrons. The summed E-state index contributed by atoms with van der Waals surface area (Å²) in [6.07, 6.45) is -2.44. The largest absolute Gasteiger partial charge is 0.416 e. The molecule has 5 heteroatoms. The molecule has 1 fully saturated rings. The fraction of sp³-hybridized carbons (Fsp3) is 0.600. The molecule has 1 saturated heterocycles. The van der Waals surface area contributed by atoms with Crippen LogP contribution >= 0.6 is 0 Å². The third kappa shape index (κ3) is 2.97. The van der Waals surface area contributed by atoms with E-state index >= 15 is 0 Å². The number of hydrogen-bond acceptors (Lipinski definition) is 1. The summed E-state index contributed by atoms with van der Waals surface area (Å²) in [6.45, 7) is 4.84. The first kappa shape index (κ1) is 15.3. The van der Waals surface area contributed by atoms with Gasteiger partial charge in [-0.05, 0) is 49.4 Å². The van der Waals surface area contributed by atoms with Crippen molar-refractivity contribution in [3.63, 3.8) is 0 Å². The van der Waals surface area contributed by atoms with E-state index in [-0.39, 0.29) is 23.4 Å². The minimum Gasteiger partial charge on any atom is -0.311 e. The molecule has 0 spiro atoms. The lowest BCUT2D eigenvalue weighted by Gasteiger charge is -2.35. The number of halogens is 4. The molecule has 20 heavy (non-hydrogen) atoms. The predicted molar refractivity (Wildman–Crippen MR) is 69.9 cm³/mol. The van der Waals surface area contributed by atoms with Crippen molar-refractivity contribution in [3.8, 4) is 0 Å². The fourth-order valence-electron chi connectivity index (χ4n) is 2.98. The Morgan fingerprint density at radius 1 is 1.30 bits per heavy atom. The summed E-state index contributed by atoms with van der Waals surface area (Å²) < 4.78 is 52.3. The lowest BCUT2D eigenvalue weighted by molar-refractivity contribution is -0.138. The molecule has 0 saturated carbocycles. The second kappa shape index (κ2) is 5.35. The molecule has 0 aliphatic carbocycles. The number of alkyl halides is 3. The molecule has 1 aliphatic rings. The van der Waals surface area contributed by atoms with E-state index in [4.69, 9.17) is 0 Å². The number of rotatable bonds is 3. The molecule has 0 amide bonds. The van der Waals surface area contributed by atoms with Gasteiger partial charge in [0.25, 0.3) is 0 Å². The first-order valence-corrected chi connectivity index (χ1v) is 6.85. The zero-order valence-corrected chi connectivity index (χ0v) is 11.6. The lowest BCUT2D eigenvalue weighted by atomic mass is 9.79. The Kier molecular flexibility index (Phi) is 4.09. The van der Waals surface area contributed by atoms with Crippen LogP contribution in [0.5, 0.6) is 0 Å². The van der Waals surface area contributed by atoms with Crippen molar-refractivity contribution < 1.29 is 17.6 Å². The number of hydrogen-bond donors (Lipinski definition) is 1. The van der Waals surface area contributed by atoms with Crippen molar-refractivity contribution in [1.29, 1.82) is 0 Å². The van der Waals surface area contributed by atoms with Crippen LogP contribution in [0.3, 0.4) is 0 Å². The monoisotopic (exact) mass is 289 g/mol. The van der Waals surface area contributed by atoms with Gasteiger partial charge in [-0.3, -0.25) is 0 Å². The van der Waals surface area contributed by atoms with Gasteiger partial charge in [0.2, 0.25) is 0 Å². The van der Waals surface area contributed by atoms with E-state index in [1.54, 1.807) is 0 Å². The zero-order valence-electron chi connectivity index (χ0n) is 11.6. The van der Waals surface area contributed by atoms with E-state index in [1.807, 2.05) is 13.8 Å². The molecule has 1 aromatic rings. The standard InChI is InChI=1S/C15H19F4N/c1-10(2)14(6-3-7-20-14)9-11-4-5-12(16)8-13(11)15(17,18)19/h4-5,8,10,20H,3,6-7,9H2,1-2H3. The maximum Gasteiger partial charge on any atom is 0.416 e. The van der Waals surface area contributed by atoms with Crippen LogP contribution in [0.4, 0.5) is 17.6 Å². The van der Waals surface area contributed by atoms with Crippen LogP contribution in [-0.4, -0.2) is 12.1 Å². The maximum absolute atomic E-state index is 13.1. The Hall–Kier alpha value is -1.10. The highest BCUT2D eigenvalue weighted by Gasteiger charge is 2.40. The normalized spacial score (nSPS) is 23.6. The van der Waals surface area contributed by atoms with E-state index in [9.17, 15) is 17.6 Å². The summed E-state index contributed by atoms with van der Waals surface area (Å²) in [6, 6.07) is 2.97. The Balaban J connectivity index is 2.38. The number of nitrogens with one attached hydrogen (secondary N) is 1. The molecule has 2 rings (SSSR count). The van der Waals surface area contributed by atoms with Crippen LogP contribution in [0, 0.1) is 11.7 Å². The summed E-state index contributed by atoms with van der Waals surface area (Å²) in [5, 5.41) is 3.35. The van der Waals surface area contributed by atoms with E-state index in [1.165, 1.54) is 6.07 Å². The topological polar surface area (TPSA) is 12.0 Å². The van der Waals surface area contributed by atoms with Gasteiger partial charge in [0.15, 0.2) is 0 Å². The van der Waals surface area contributed by atoms with Gasteiger partial charge in [-0.1, -0.05) is 19.9 Å². The molecule has 1 atom stereocenters. The van der Waals surface area contributed by atoms with Crippen molar-refractivity contribution in [2.45, 2.75) is 44.8 Å². The molecular weight excluding hydrogens is 270 g/mol. The minimum atomic E-state index is -4.52. The third-order valence-electron chi connectivity index (χ3n) is 4.27. The maximum atomic E-state index is 13.1. The van der Waals surface area contributed by atoms with Crippen LogP contribution in [-0.2, 0) is 12.6 Å². The van der Waals surface area contributed by atoms with Gasteiger partial charge in [0, 0.05) is 5.54 Å². The summed E-state index contributed by atoms with van der Waals surface area (Å²) in [5.74, 6) is -0.629. The molecular formula is C15H19F4N. The van der Waals surface area contributed by atoms with E-state index < -0.39 is 17.6 Å². The Morgan fingerprint density at radius 3 is 2.50 bits per heavy atom.